The van der Waals surface area contributed by atoms with E-state index in [0.29, 0.717) is 10.0 Å². The van der Waals surface area contributed by atoms with Gasteiger partial charge in [0.2, 0.25) is 10.8 Å². The van der Waals surface area contributed by atoms with Gasteiger partial charge >= 0.3 is 0 Å². The number of hydrogen-bond acceptors (Lipinski definition) is 4. The lowest BCUT2D eigenvalue weighted by atomic mass is 10.0. The number of halogens is 2. The fourth-order valence-corrected chi connectivity index (χ4v) is 5.37. The first-order chi connectivity index (χ1) is 12.6. The van der Waals surface area contributed by atoms with Crippen molar-refractivity contribution in [1.29, 1.82) is 0 Å². The van der Waals surface area contributed by atoms with Gasteiger partial charge in [0.05, 0.1) is 18.1 Å². The molecule has 2 aromatic heterocycles. The van der Waals surface area contributed by atoms with Gasteiger partial charge in [-0.1, -0.05) is 41.5 Å². The van der Waals surface area contributed by atoms with E-state index in [-0.39, 0.29) is 11.9 Å². The van der Waals surface area contributed by atoms with Crippen LogP contribution in [0.3, 0.4) is 0 Å². The van der Waals surface area contributed by atoms with E-state index >= 15 is 0 Å². The monoisotopic (exact) mass is 411 g/mol. The second-order valence-electron chi connectivity index (χ2n) is 6.68. The molecule has 0 aliphatic carbocycles. The zero-order valence-corrected chi connectivity index (χ0v) is 16.8. The second kappa shape index (κ2) is 7.35. The smallest absolute Gasteiger partial charge is 0.235 e. The molecule has 138 valence electrons. The molecule has 26 heavy (non-hydrogen) atoms. The third kappa shape index (κ3) is 3.20. The summed E-state index contributed by atoms with van der Waals surface area (Å²) < 4.78 is 1.55. The highest BCUT2D eigenvalue weighted by atomic mass is 35.5. The van der Waals surface area contributed by atoms with Crippen LogP contribution >= 0.6 is 34.5 Å². The minimum absolute atomic E-state index is 0.0429. The lowest BCUT2D eigenvalue weighted by Gasteiger charge is -2.31. The zero-order valence-electron chi connectivity index (χ0n) is 14.5. The average Bonchev–Trinajstić information content (AvgIpc) is 3.18. The van der Waals surface area contributed by atoms with Crippen molar-refractivity contribution in [2.45, 2.75) is 38.6 Å². The Morgan fingerprint density at radius 3 is 2.69 bits per heavy atom. The third-order valence-electron chi connectivity index (χ3n) is 5.00. The number of likely N-dealkylation sites (tertiary alicyclic amines) is 1. The van der Waals surface area contributed by atoms with Crippen molar-refractivity contribution in [3.8, 4) is 5.88 Å². The van der Waals surface area contributed by atoms with Gasteiger partial charge in [0.15, 0.2) is 11.9 Å². The Labute approximate surface area is 166 Å². The summed E-state index contributed by atoms with van der Waals surface area (Å²) in [4.78, 5) is 7.52. The molecule has 3 aromatic rings. The number of nitrogens with one attached hydrogen (secondary N) is 1. The quantitative estimate of drug-likeness (QED) is 0.690. The number of hydrogen-bond donors (Lipinski definition) is 2. The Morgan fingerprint density at radius 2 is 2.04 bits per heavy atom. The Hall–Kier alpha value is -1.34. The molecule has 3 heterocycles. The molecule has 0 bridgehead atoms. The van der Waals surface area contributed by atoms with E-state index in [9.17, 15) is 5.11 Å². The fourth-order valence-electron chi connectivity index (χ4n) is 3.71. The van der Waals surface area contributed by atoms with Crippen LogP contribution in [0.2, 0.25) is 10.0 Å². The van der Waals surface area contributed by atoms with E-state index in [0.717, 1.165) is 40.7 Å². The standard InChI is InChI=1S/C18H20Cl2N4OS/c1-2-14-21-18-24(22-14)17(25)16(26-18)15(23-8-4-3-5-9-23)12-7-6-11(19)10-13(12)20/h6-7,10,15,25H,2-5,8-9H2,1H3/p+1/t15-/m0/s1. The van der Waals surface area contributed by atoms with E-state index in [2.05, 4.69) is 10.1 Å². The van der Waals surface area contributed by atoms with Gasteiger partial charge in [-0.3, -0.25) is 0 Å². The van der Waals surface area contributed by atoms with Crippen molar-refractivity contribution in [1.82, 2.24) is 14.6 Å². The van der Waals surface area contributed by atoms with Gasteiger partial charge in [-0.05, 0) is 37.5 Å². The minimum atomic E-state index is -0.0429. The Kier molecular flexibility index (Phi) is 5.10. The molecule has 0 spiro atoms. The van der Waals surface area contributed by atoms with Gasteiger partial charge in [-0.25, -0.2) is 4.98 Å². The summed E-state index contributed by atoms with van der Waals surface area (Å²) in [5, 5.41) is 16.6. The number of fused-ring (bicyclic) bond motifs is 1. The van der Waals surface area contributed by atoms with Crippen molar-refractivity contribution in [3.05, 3.63) is 44.5 Å². The Morgan fingerprint density at radius 1 is 1.27 bits per heavy atom. The van der Waals surface area contributed by atoms with Crippen LogP contribution in [0.5, 0.6) is 5.88 Å². The lowest BCUT2D eigenvalue weighted by molar-refractivity contribution is -0.929. The molecule has 0 amide bonds. The van der Waals surface area contributed by atoms with Gasteiger partial charge in [0.25, 0.3) is 0 Å². The highest BCUT2D eigenvalue weighted by molar-refractivity contribution is 7.17. The van der Waals surface area contributed by atoms with E-state index in [1.54, 1.807) is 10.6 Å². The van der Waals surface area contributed by atoms with Crippen LogP contribution in [0.4, 0.5) is 0 Å². The van der Waals surface area contributed by atoms with Crippen LogP contribution in [0.15, 0.2) is 18.2 Å². The van der Waals surface area contributed by atoms with Crippen LogP contribution in [0.1, 0.15) is 48.5 Å². The number of aryl methyl sites for hydroxylation is 1. The molecular formula is C18H21Cl2N4OS+. The Bertz CT molecular complexity index is 933. The molecule has 1 fully saturated rings. The molecule has 1 atom stereocenters. The highest BCUT2D eigenvalue weighted by Gasteiger charge is 2.35. The van der Waals surface area contributed by atoms with Crippen molar-refractivity contribution < 1.29 is 10.0 Å². The van der Waals surface area contributed by atoms with E-state index in [1.165, 1.54) is 35.5 Å². The summed E-state index contributed by atoms with van der Waals surface area (Å²) in [6.45, 7) is 4.11. The molecule has 5 nitrogen and oxygen atoms in total. The Balaban J connectivity index is 1.84. The highest BCUT2D eigenvalue weighted by Crippen LogP contribution is 2.38. The summed E-state index contributed by atoms with van der Waals surface area (Å²) in [5.41, 5.74) is 0.989. The summed E-state index contributed by atoms with van der Waals surface area (Å²) >= 11 is 14.2. The minimum Gasteiger partial charge on any atom is -0.492 e. The molecule has 2 N–H and O–H groups in total. The van der Waals surface area contributed by atoms with Gasteiger partial charge in [-0.15, -0.1) is 5.10 Å². The zero-order chi connectivity index (χ0) is 18.3. The molecule has 1 aliphatic rings. The molecule has 4 rings (SSSR count). The number of aromatic hydroxyl groups is 1. The maximum Gasteiger partial charge on any atom is 0.235 e. The number of aromatic nitrogens is 3. The molecule has 0 saturated carbocycles. The second-order valence-corrected chi connectivity index (χ2v) is 8.54. The summed E-state index contributed by atoms with van der Waals surface area (Å²) in [6, 6.07) is 5.57. The third-order valence-corrected chi connectivity index (χ3v) is 6.65. The van der Waals surface area contributed by atoms with Crippen molar-refractivity contribution in [2.75, 3.05) is 13.1 Å². The van der Waals surface area contributed by atoms with Crippen molar-refractivity contribution >= 4 is 39.5 Å². The summed E-state index contributed by atoms with van der Waals surface area (Å²) in [7, 11) is 0. The summed E-state index contributed by atoms with van der Waals surface area (Å²) in [6.07, 6.45) is 4.36. The maximum atomic E-state index is 10.9. The lowest BCUT2D eigenvalue weighted by Crippen LogP contribution is -3.13. The van der Waals surface area contributed by atoms with Gasteiger partial charge in [-0.2, -0.15) is 4.52 Å². The number of quaternary nitrogens is 1. The molecule has 1 aliphatic heterocycles. The SMILES string of the molecule is CCc1nc2sc([C@H](c3ccc(Cl)cc3Cl)[NH+]3CCCCC3)c(O)n2n1. The predicted octanol–water partition coefficient (Wildman–Crippen LogP) is 3.52. The normalized spacial score (nSPS) is 17.0. The molecule has 1 aromatic carbocycles. The average molecular weight is 412 g/mol. The van der Waals surface area contributed by atoms with E-state index < -0.39 is 0 Å². The topological polar surface area (TPSA) is 54.9 Å². The first kappa shape index (κ1) is 18.0. The largest absolute Gasteiger partial charge is 0.492 e. The number of thiazole rings is 1. The van der Waals surface area contributed by atoms with Crippen LogP contribution in [-0.2, 0) is 6.42 Å². The molecular weight excluding hydrogens is 391 g/mol. The van der Waals surface area contributed by atoms with Gasteiger partial charge in [0, 0.05) is 17.0 Å². The number of piperidine rings is 1. The fraction of sp³-hybridized carbons (Fsp3) is 0.444. The van der Waals surface area contributed by atoms with Gasteiger partial charge < -0.3 is 10.0 Å². The van der Waals surface area contributed by atoms with Crippen molar-refractivity contribution in [2.24, 2.45) is 0 Å². The first-order valence-electron chi connectivity index (χ1n) is 8.95. The van der Waals surface area contributed by atoms with Crippen LogP contribution in [-0.4, -0.2) is 32.8 Å². The van der Waals surface area contributed by atoms with E-state index in [4.69, 9.17) is 23.2 Å². The predicted molar refractivity (Wildman–Crippen MR) is 105 cm³/mol. The van der Waals surface area contributed by atoms with Crippen molar-refractivity contribution in [3.63, 3.8) is 0 Å². The van der Waals surface area contributed by atoms with Crippen LogP contribution in [0.25, 0.3) is 4.96 Å². The van der Waals surface area contributed by atoms with Crippen LogP contribution < -0.4 is 4.90 Å². The first-order valence-corrected chi connectivity index (χ1v) is 10.5. The maximum absolute atomic E-state index is 10.9. The molecule has 0 radical (unpaired) electrons. The molecule has 8 heteroatoms. The van der Waals surface area contributed by atoms with Crippen LogP contribution in [0, 0.1) is 0 Å². The number of benzene rings is 1. The summed E-state index contributed by atoms with van der Waals surface area (Å²) in [5.74, 6) is 0.913. The number of rotatable bonds is 4. The van der Waals surface area contributed by atoms with Gasteiger partial charge in [0.1, 0.15) is 4.88 Å². The number of nitrogens with zero attached hydrogens (tertiary/aromatic N) is 3. The van der Waals surface area contributed by atoms with E-state index in [1.807, 2.05) is 19.1 Å². The molecule has 1 saturated heterocycles. The molecule has 0 unspecified atom stereocenters.